The Bertz CT molecular complexity index is 1110. The number of phosphoric acid groups is 1. The van der Waals surface area contributed by atoms with Gasteiger partial charge >= 0.3 is 19.8 Å². The monoisotopic (exact) mass is 805 g/mol. The number of carbonyl (C=O) groups excluding carboxylic acids is 3. The summed E-state index contributed by atoms with van der Waals surface area (Å²) < 4.78 is 34.2. The molecule has 0 aliphatic heterocycles. The summed E-state index contributed by atoms with van der Waals surface area (Å²) in [6.07, 6.45) is 21.6. The standard InChI is InChI=1S/C42H78NO11P/c1-6-8-10-11-12-13-14-15-16-17-23-27-42(48)54-36(34-53-55(49,50)52-31-30-43(3,4)5)33-51-41(47)26-22-19-18-21-25-37-38(40(46)32-39(37)45)29-28-35(44)24-20-9-7-2/h28-29,35-38,40,44,46H,6-27,30-34H2,1-5H3/p+1/b29-28+/t35-,36+,37+,38+,40+/m0/s1. The van der Waals surface area contributed by atoms with Gasteiger partial charge in [-0.25, -0.2) is 4.57 Å². The zero-order valence-electron chi connectivity index (χ0n) is 35.1. The predicted molar refractivity (Wildman–Crippen MR) is 216 cm³/mol. The molecule has 1 rings (SSSR count). The van der Waals surface area contributed by atoms with Crippen LogP contribution in [0, 0.1) is 11.8 Å². The van der Waals surface area contributed by atoms with E-state index in [1.807, 2.05) is 27.2 Å². The highest BCUT2D eigenvalue weighted by Gasteiger charge is 2.39. The summed E-state index contributed by atoms with van der Waals surface area (Å²) in [6, 6.07) is 0. The van der Waals surface area contributed by atoms with E-state index in [0.717, 1.165) is 57.8 Å². The average Bonchev–Trinajstić information content (AvgIpc) is 3.39. The minimum Gasteiger partial charge on any atom is -0.462 e. The molecule has 1 unspecified atom stereocenters. The second kappa shape index (κ2) is 30.4. The largest absolute Gasteiger partial charge is 0.472 e. The van der Waals surface area contributed by atoms with Crippen molar-refractivity contribution in [3.8, 4) is 0 Å². The van der Waals surface area contributed by atoms with Gasteiger partial charge in [-0.2, -0.15) is 0 Å². The summed E-state index contributed by atoms with van der Waals surface area (Å²) in [5.74, 6) is -1.46. The number of phosphoric ester groups is 1. The lowest BCUT2D eigenvalue weighted by molar-refractivity contribution is -0.870. The number of ketones is 1. The van der Waals surface area contributed by atoms with Crippen molar-refractivity contribution < 1.29 is 57.1 Å². The van der Waals surface area contributed by atoms with Gasteiger partial charge in [0.15, 0.2) is 6.10 Å². The lowest BCUT2D eigenvalue weighted by atomic mass is 9.88. The molecule has 12 nitrogen and oxygen atoms in total. The maximum absolute atomic E-state index is 12.7. The molecule has 0 aromatic carbocycles. The molecule has 1 fully saturated rings. The van der Waals surface area contributed by atoms with Gasteiger partial charge in [-0.05, 0) is 25.7 Å². The molecule has 3 N–H and O–H groups in total. The quantitative estimate of drug-likeness (QED) is 0.0185. The highest BCUT2D eigenvalue weighted by Crippen LogP contribution is 2.43. The second-order valence-corrected chi connectivity index (χ2v) is 18.0. The van der Waals surface area contributed by atoms with Crippen molar-refractivity contribution >= 4 is 25.5 Å². The highest BCUT2D eigenvalue weighted by atomic mass is 31.2. The number of hydrogen-bond donors (Lipinski definition) is 3. The van der Waals surface area contributed by atoms with Crippen LogP contribution < -0.4 is 0 Å². The normalized spacial score (nSPS) is 19.8. The van der Waals surface area contributed by atoms with Crippen molar-refractivity contribution in [3.05, 3.63) is 12.2 Å². The molecule has 0 aromatic heterocycles. The Balaban J connectivity index is 2.48. The van der Waals surface area contributed by atoms with Crippen LogP contribution in [-0.4, -0.2) is 103 Å². The van der Waals surface area contributed by atoms with E-state index in [0.29, 0.717) is 36.7 Å². The van der Waals surface area contributed by atoms with Crippen LogP contribution in [0.1, 0.15) is 162 Å². The number of aliphatic hydroxyl groups excluding tert-OH is 2. The van der Waals surface area contributed by atoms with Crippen molar-refractivity contribution in [2.75, 3.05) is 47.5 Å². The van der Waals surface area contributed by atoms with Gasteiger partial charge in [-0.15, -0.1) is 0 Å². The first-order chi connectivity index (χ1) is 26.2. The van der Waals surface area contributed by atoms with E-state index in [9.17, 15) is 34.1 Å². The maximum atomic E-state index is 12.7. The van der Waals surface area contributed by atoms with Gasteiger partial charge in [0.25, 0.3) is 0 Å². The van der Waals surface area contributed by atoms with E-state index in [2.05, 4.69) is 13.8 Å². The summed E-state index contributed by atoms with van der Waals surface area (Å²) in [5, 5.41) is 20.7. The number of esters is 2. The van der Waals surface area contributed by atoms with Crippen LogP contribution in [0.25, 0.3) is 0 Å². The van der Waals surface area contributed by atoms with Crippen molar-refractivity contribution in [2.24, 2.45) is 11.8 Å². The summed E-state index contributed by atoms with van der Waals surface area (Å²) in [6.45, 7) is 4.04. The molecular weight excluding hydrogens is 725 g/mol. The van der Waals surface area contributed by atoms with Crippen LogP contribution in [0.4, 0.5) is 0 Å². The van der Waals surface area contributed by atoms with Crippen LogP contribution >= 0.6 is 7.82 Å². The van der Waals surface area contributed by atoms with E-state index in [1.54, 1.807) is 6.08 Å². The summed E-state index contributed by atoms with van der Waals surface area (Å²) in [4.78, 5) is 48.0. The number of carbonyl (C=O) groups is 3. The molecule has 1 saturated carbocycles. The van der Waals surface area contributed by atoms with Crippen LogP contribution in [0.3, 0.4) is 0 Å². The third-order valence-corrected chi connectivity index (χ3v) is 11.2. The van der Waals surface area contributed by atoms with Gasteiger partial charge < -0.3 is 29.1 Å². The number of rotatable bonds is 35. The molecule has 0 amide bonds. The summed E-state index contributed by atoms with van der Waals surface area (Å²) in [7, 11) is 1.35. The first-order valence-electron chi connectivity index (χ1n) is 21.5. The van der Waals surface area contributed by atoms with Crippen LogP contribution in [0.5, 0.6) is 0 Å². The van der Waals surface area contributed by atoms with Crippen molar-refractivity contribution in [1.29, 1.82) is 0 Å². The topological polar surface area (TPSA) is 166 Å². The lowest BCUT2D eigenvalue weighted by Gasteiger charge is -2.24. The van der Waals surface area contributed by atoms with Crippen molar-refractivity contribution in [1.82, 2.24) is 0 Å². The Morgan fingerprint density at radius 3 is 1.95 bits per heavy atom. The van der Waals surface area contributed by atoms with Gasteiger partial charge in [-0.1, -0.05) is 129 Å². The third kappa shape index (κ3) is 27.6. The number of hydrogen-bond acceptors (Lipinski definition) is 10. The zero-order chi connectivity index (χ0) is 41.0. The van der Waals surface area contributed by atoms with Crippen LogP contribution in [0.15, 0.2) is 12.2 Å². The second-order valence-electron chi connectivity index (χ2n) is 16.5. The third-order valence-electron chi connectivity index (χ3n) is 10.2. The molecule has 1 aliphatic carbocycles. The Labute approximate surface area is 333 Å². The van der Waals surface area contributed by atoms with Gasteiger partial charge in [0.05, 0.1) is 40.0 Å². The number of unbranched alkanes of at least 4 members (excludes halogenated alkanes) is 15. The molecule has 6 atom stereocenters. The molecule has 55 heavy (non-hydrogen) atoms. The predicted octanol–water partition coefficient (Wildman–Crippen LogP) is 8.39. The number of ether oxygens (including phenoxy) is 2. The van der Waals surface area contributed by atoms with Gasteiger partial charge in [-0.3, -0.25) is 23.4 Å². The summed E-state index contributed by atoms with van der Waals surface area (Å²) in [5.41, 5.74) is 0. The Morgan fingerprint density at radius 2 is 1.35 bits per heavy atom. The van der Waals surface area contributed by atoms with Crippen molar-refractivity contribution in [2.45, 2.75) is 180 Å². The number of Topliss-reactive ketones (excluding diaryl/α,β-unsaturated/α-hetero) is 1. The minimum atomic E-state index is -4.43. The SMILES string of the molecule is CCCCCCCCCCCCCC(=O)O[C@H](COC(=O)CCCCCC[C@H]1C(=O)C[C@@H](O)[C@@H]1/C=C/[C@@H](O)CCCCC)COP(=O)(O)OCC[N+](C)(C)C. The van der Waals surface area contributed by atoms with E-state index in [1.165, 1.54) is 44.9 Å². The smallest absolute Gasteiger partial charge is 0.462 e. The number of aliphatic hydroxyl groups is 2. The lowest BCUT2D eigenvalue weighted by Crippen LogP contribution is -2.37. The van der Waals surface area contributed by atoms with E-state index < -0.39 is 44.7 Å². The Kier molecular flexibility index (Phi) is 28.4. The fourth-order valence-corrected chi connectivity index (χ4v) is 7.47. The molecule has 0 aromatic rings. The molecule has 0 spiro atoms. The molecule has 13 heteroatoms. The zero-order valence-corrected chi connectivity index (χ0v) is 36.0. The highest BCUT2D eigenvalue weighted by molar-refractivity contribution is 7.47. The number of nitrogens with zero attached hydrogens (tertiary/aromatic N) is 1. The molecule has 0 saturated heterocycles. The maximum Gasteiger partial charge on any atom is 0.472 e. The van der Waals surface area contributed by atoms with Crippen LogP contribution in [0.2, 0.25) is 0 Å². The first kappa shape index (κ1) is 51.4. The molecule has 322 valence electrons. The molecular formula is C42H79NO11P+. The number of likely N-dealkylation sites (N-methyl/N-ethyl adjacent to an activating group) is 1. The average molecular weight is 805 g/mol. The first-order valence-corrected chi connectivity index (χ1v) is 23.0. The van der Waals surface area contributed by atoms with E-state index >= 15 is 0 Å². The van der Waals surface area contributed by atoms with Crippen molar-refractivity contribution in [3.63, 3.8) is 0 Å². The molecule has 1 aliphatic rings. The molecule has 0 bridgehead atoms. The van der Waals surface area contributed by atoms with Gasteiger partial charge in [0.1, 0.15) is 25.5 Å². The van der Waals surface area contributed by atoms with E-state index in [-0.39, 0.29) is 50.1 Å². The number of quaternary nitrogens is 1. The fraction of sp³-hybridized carbons (Fsp3) is 0.881. The molecule has 0 heterocycles. The Morgan fingerprint density at radius 1 is 0.800 bits per heavy atom. The Hall–Kier alpha value is -1.66. The minimum absolute atomic E-state index is 0.00451. The summed E-state index contributed by atoms with van der Waals surface area (Å²) >= 11 is 0. The van der Waals surface area contributed by atoms with Crippen LogP contribution in [-0.2, 0) is 37.5 Å². The molecule has 0 radical (unpaired) electrons. The fourth-order valence-electron chi connectivity index (χ4n) is 6.73. The van der Waals surface area contributed by atoms with Gasteiger partial charge in [0, 0.05) is 31.1 Å². The van der Waals surface area contributed by atoms with Gasteiger partial charge in [0.2, 0.25) is 0 Å². The van der Waals surface area contributed by atoms with E-state index in [4.69, 9.17) is 18.5 Å².